The molecule has 0 aliphatic carbocycles. The molecule has 0 radical (unpaired) electrons. The number of nitrogens with one attached hydrogen (secondary N) is 1. The van der Waals surface area contributed by atoms with Crippen molar-refractivity contribution < 1.29 is 9.90 Å². The number of aliphatic hydroxyl groups excluding tert-OH is 1. The van der Waals surface area contributed by atoms with Gasteiger partial charge in [-0.3, -0.25) is 4.79 Å². The number of aromatic nitrogens is 2. The smallest absolute Gasteiger partial charge is 0.271 e. The van der Waals surface area contributed by atoms with Crippen molar-refractivity contribution in [2.75, 3.05) is 6.54 Å². The van der Waals surface area contributed by atoms with Crippen LogP contribution in [0.5, 0.6) is 0 Å². The van der Waals surface area contributed by atoms with Crippen LogP contribution in [0.2, 0.25) is 10.0 Å². The van der Waals surface area contributed by atoms with Crippen LogP contribution in [0.3, 0.4) is 0 Å². The second kappa shape index (κ2) is 6.47. The zero-order chi connectivity index (χ0) is 15.6. The Morgan fingerprint density at radius 2 is 2.10 bits per heavy atom. The zero-order valence-corrected chi connectivity index (χ0v) is 13.1. The maximum Gasteiger partial charge on any atom is 0.271 e. The molecular formula is C14H15Cl2N3O2. The largest absolute Gasteiger partial charge is 0.392 e. The third-order valence-corrected chi connectivity index (χ3v) is 3.56. The minimum atomic E-state index is -0.604. The maximum absolute atomic E-state index is 11.9. The summed E-state index contributed by atoms with van der Waals surface area (Å²) in [5.41, 5.74) is 1.78. The average molecular weight is 328 g/mol. The van der Waals surface area contributed by atoms with Crippen LogP contribution in [0.1, 0.15) is 23.1 Å². The molecule has 0 saturated heterocycles. The van der Waals surface area contributed by atoms with E-state index in [-0.39, 0.29) is 18.1 Å². The minimum Gasteiger partial charge on any atom is -0.392 e. The maximum atomic E-state index is 11.9. The Kier molecular flexibility index (Phi) is 4.88. The van der Waals surface area contributed by atoms with E-state index in [0.717, 1.165) is 11.4 Å². The first-order valence-corrected chi connectivity index (χ1v) is 7.12. The van der Waals surface area contributed by atoms with E-state index in [1.807, 2.05) is 6.92 Å². The van der Waals surface area contributed by atoms with Gasteiger partial charge in [-0.2, -0.15) is 5.10 Å². The number of amides is 1. The van der Waals surface area contributed by atoms with Crippen molar-refractivity contribution in [1.29, 1.82) is 0 Å². The molecule has 0 spiro atoms. The van der Waals surface area contributed by atoms with Crippen LogP contribution < -0.4 is 5.32 Å². The van der Waals surface area contributed by atoms with Gasteiger partial charge in [-0.05, 0) is 38.1 Å². The number of aryl methyl sites for hydroxylation is 1. The number of rotatable bonds is 4. The van der Waals surface area contributed by atoms with Gasteiger partial charge in [-0.15, -0.1) is 0 Å². The molecule has 2 rings (SSSR count). The summed E-state index contributed by atoms with van der Waals surface area (Å²) in [4.78, 5) is 11.9. The highest BCUT2D eigenvalue weighted by Gasteiger charge is 2.14. The van der Waals surface area contributed by atoms with Gasteiger partial charge >= 0.3 is 0 Å². The lowest BCUT2D eigenvalue weighted by molar-refractivity contribution is 0.0918. The van der Waals surface area contributed by atoms with Crippen molar-refractivity contribution in [3.05, 3.63) is 45.7 Å². The average Bonchev–Trinajstić information content (AvgIpc) is 2.81. The first-order chi connectivity index (χ1) is 9.88. The zero-order valence-electron chi connectivity index (χ0n) is 11.6. The van der Waals surface area contributed by atoms with Crippen molar-refractivity contribution in [3.8, 4) is 5.69 Å². The van der Waals surface area contributed by atoms with Gasteiger partial charge in [0.2, 0.25) is 0 Å². The van der Waals surface area contributed by atoms with Crippen molar-refractivity contribution in [2.24, 2.45) is 0 Å². The number of hydrogen-bond acceptors (Lipinski definition) is 3. The molecule has 1 heterocycles. The Bertz CT molecular complexity index is 668. The predicted octanol–water partition coefficient (Wildman–Crippen LogP) is 2.60. The molecule has 21 heavy (non-hydrogen) atoms. The van der Waals surface area contributed by atoms with E-state index in [1.54, 1.807) is 35.9 Å². The van der Waals surface area contributed by atoms with Gasteiger partial charge in [0.1, 0.15) is 0 Å². The van der Waals surface area contributed by atoms with Gasteiger partial charge in [0.25, 0.3) is 5.91 Å². The third kappa shape index (κ3) is 3.75. The second-order valence-corrected chi connectivity index (χ2v) is 5.55. The van der Waals surface area contributed by atoms with Gasteiger partial charge in [-0.25, -0.2) is 4.68 Å². The van der Waals surface area contributed by atoms with Crippen LogP contribution in [0, 0.1) is 6.92 Å². The third-order valence-electron chi connectivity index (χ3n) is 2.83. The monoisotopic (exact) mass is 327 g/mol. The molecule has 1 aromatic heterocycles. The fourth-order valence-electron chi connectivity index (χ4n) is 1.79. The van der Waals surface area contributed by atoms with Gasteiger partial charge in [0.05, 0.1) is 21.8 Å². The molecule has 1 atom stereocenters. The predicted molar refractivity (Wildman–Crippen MR) is 82.3 cm³/mol. The minimum absolute atomic E-state index is 0.178. The van der Waals surface area contributed by atoms with Crippen molar-refractivity contribution >= 4 is 29.1 Å². The van der Waals surface area contributed by atoms with E-state index in [2.05, 4.69) is 10.4 Å². The SMILES string of the molecule is Cc1cc(C(=O)NC[C@H](C)O)nn1-c1ccc(Cl)c(Cl)c1. The topological polar surface area (TPSA) is 67.2 Å². The molecule has 112 valence electrons. The van der Waals surface area contributed by atoms with Gasteiger partial charge < -0.3 is 10.4 Å². The molecule has 2 aromatic rings. The summed E-state index contributed by atoms with van der Waals surface area (Å²) < 4.78 is 1.61. The van der Waals surface area contributed by atoms with Crippen molar-refractivity contribution in [1.82, 2.24) is 15.1 Å². The normalized spacial score (nSPS) is 12.2. The van der Waals surface area contributed by atoms with Crippen LogP contribution in [-0.4, -0.2) is 33.4 Å². The second-order valence-electron chi connectivity index (χ2n) is 4.74. The fourth-order valence-corrected chi connectivity index (χ4v) is 2.09. The number of hydrogen-bond donors (Lipinski definition) is 2. The number of carbonyl (C=O) groups excluding carboxylic acids is 1. The van der Waals surface area contributed by atoms with Crippen LogP contribution in [0.15, 0.2) is 24.3 Å². The van der Waals surface area contributed by atoms with E-state index in [0.29, 0.717) is 10.0 Å². The molecule has 0 aliphatic rings. The summed E-state index contributed by atoms with van der Waals surface area (Å²) in [5, 5.41) is 16.9. The summed E-state index contributed by atoms with van der Waals surface area (Å²) in [6, 6.07) is 6.79. The molecule has 2 N–H and O–H groups in total. The molecule has 7 heteroatoms. The fraction of sp³-hybridized carbons (Fsp3) is 0.286. The molecule has 0 saturated carbocycles. The van der Waals surface area contributed by atoms with E-state index >= 15 is 0 Å². The summed E-state index contributed by atoms with van der Waals surface area (Å²) in [5.74, 6) is -0.335. The Morgan fingerprint density at radius 1 is 1.38 bits per heavy atom. The van der Waals surface area contributed by atoms with Crippen LogP contribution >= 0.6 is 23.2 Å². The van der Waals surface area contributed by atoms with Gasteiger partial charge in [0, 0.05) is 12.2 Å². The number of carbonyl (C=O) groups is 1. The molecular weight excluding hydrogens is 313 g/mol. The Hall–Kier alpha value is -1.56. The van der Waals surface area contributed by atoms with Crippen molar-refractivity contribution in [3.63, 3.8) is 0 Å². The molecule has 0 fully saturated rings. The standard InChI is InChI=1S/C14H15Cl2N3O2/c1-8-5-13(14(21)17-7-9(2)20)18-19(8)10-3-4-11(15)12(16)6-10/h3-6,9,20H,7H2,1-2H3,(H,17,21)/t9-/m0/s1. The number of benzene rings is 1. The quantitative estimate of drug-likeness (QED) is 0.907. The van der Waals surface area contributed by atoms with Crippen LogP contribution in [0.25, 0.3) is 5.69 Å². The summed E-state index contributed by atoms with van der Waals surface area (Å²) in [6.45, 7) is 3.61. The number of aliphatic hydroxyl groups is 1. The van der Waals surface area contributed by atoms with E-state index < -0.39 is 6.10 Å². The highest BCUT2D eigenvalue weighted by atomic mass is 35.5. The van der Waals surface area contributed by atoms with Gasteiger partial charge in [-0.1, -0.05) is 23.2 Å². The molecule has 5 nitrogen and oxygen atoms in total. The van der Waals surface area contributed by atoms with Crippen LogP contribution in [-0.2, 0) is 0 Å². The molecule has 0 bridgehead atoms. The van der Waals surface area contributed by atoms with Gasteiger partial charge in [0.15, 0.2) is 5.69 Å². The molecule has 1 aromatic carbocycles. The molecule has 1 amide bonds. The summed E-state index contributed by atoms with van der Waals surface area (Å²) in [7, 11) is 0. The highest BCUT2D eigenvalue weighted by molar-refractivity contribution is 6.42. The number of halogens is 2. The first kappa shape index (κ1) is 15.8. The van der Waals surface area contributed by atoms with E-state index in [1.165, 1.54) is 0 Å². The number of nitrogens with zero attached hydrogens (tertiary/aromatic N) is 2. The molecule has 0 aliphatic heterocycles. The Balaban J connectivity index is 2.26. The molecule has 0 unspecified atom stereocenters. The Morgan fingerprint density at radius 3 is 2.71 bits per heavy atom. The highest BCUT2D eigenvalue weighted by Crippen LogP contribution is 2.25. The lowest BCUT2D eigenvalue weighted by atomic mass is 10.3. The lowest BCUT2D eigenvalue weighted by Gasteiger charge is -2.06. The lowest BCUT2D eigenvalue weighted by Crippen LogP contribution is -2.30. The van der Waals surface area contributed by atoms with E-state index in [9.17, 15) is 9.90 Å². The van der Waals surface area contributed by atoms with Crippen molar-refractivity contribution in [2.45, 2.75) is 20.0 Å². The summed E-state index contributed by atoms with van der Waals surface area (Å²) in [6.07, 6.45) is -0.604. The van der Waals surface area contributed by atoms with Crippen LogP contribution in [0.4, 0.5) is 0 Å². The first-order valence-electron chi connectivity index (χ1n) is 6.37. The van der Waals surface area contributed by atoms with E-state index in [4.69, 9.17) is 23.2 Å². The summed E-state index contributed by atoms with van der Waals surface area (Å²) >= 11 is 11.9. The Labute approximate surface area is 132 Å².